The summed E-state index contributed by atoms with van der Waals surface area (Å²) in [5.41, 5.74) is 0.623. The second-order valence-electron chi connectivity index (χ2n) is 11.1. The molecule has 2 heterocycles. The van der Waals surface area contributed by atoms with Crippen LogP contribution in [0.4, 0.5) is 0 Å². The molecule has 3 aromatic rings. The van der Waals surface area contributed by atoms with Crippen LogP contribution < -0.4 is 33.2 Å². The minimum atomic E-state index is -1.54. The summed E-state index contributed by atoms with van der Waals surface area (Å²) in [6.07, 6.45) is -4.53. The van der Waals surface area contributed by atoms with E-state index in [0.717, 1.165) is 13.8 Å². The molecule has 3 aromatic carbocycles. The summed E-state index contributed by atoms with van der Waals surface area (Å²) in [6.45, 7) is 5.73. The molecule has 0 aliphatic carbocycles. The molecule has 0 spiro atoms. The molecule has 0 saturated carbocycles. The van der Waals surface area contributed by atoms with Gasteiger partial charge in [-0.05, 0) is 24.3 Å². The van der Waals surface area contributed by atoms with E-state index in [1.807, 2.05) is 0 Å². The lowest BCUT2D eigenvalue weighted by molar-refractivity contribution is -0.149. The molecule has 4 atom stereocenters. The molecule has 5 rings (SSSR count). The van der Waals surface area contributed by atoms with Crippen LogP contribution in [0, 0.1) is 0 Å². The molecule has 0 radical (unpaired) electrons. The van der Waals surface area contributed by atoms with Crippen molar-refractivity contribution < 1.29 is 71.4 Å². The van der Waals surface area contributed by atoms with Crippen molar-refractivity contribution >= 4 is 35.6 Å². The van der Waals surface area contributed by atoms with Gasteiger partial charge in [0.25, 0.3) is 0 Å². The topological polar surface area (TPSA) is 185 Å². The molecule has 2 aliphatic heterocycles. The third-order valence-electron chi connectivity index (χ3n) is 7.27. The first kappa shape index (κ1) is 35.2. The first-order valence-corrected chi connectivity index (χ1v) is 15.1. The fourth-order valence-electron chi connectivity index (χ4n) is 5.41. The van der Waals surface area contributed by atoms with Crippen LogP contribution in [0.2, 0.25) is 0 Å². The maximum Gasteiger partial charge on any atom is 0.308 e. The minimum absolute atomic E-state index is 0.0658. The zero-order chi connectivity index (χ0) is 36.3. The number of ether oxygens (including phenoxy) is 9. The van der Waals surface area contributed by atoms with Gasteiger partial charge in [-0.3, -0.25) is 28.8 Å². The quantitative estimate of drug-likeness (QED) is 0.230. The highest BCUT2D eigenvalue weighted by atomic mass is 16.6. The first-order chi connectivity index (χ1) is 23.7. The van der Waals surface area contributed by atoms with Gasteiger partial charge in [0.2, 0.25) is 11.9 Å². The van der Waals surface area contributed by atoms with E-state index in [4.69, 9.17) is 42.6 Å². The molecule has 0 N–H and O–H groups in total. The Labute approximate surface area is 285 Å². The number of hydrogen-bond donors (Lipinski definition) is 0. The second kappa shape index (κ2) is 14.6. The van der Waals surface area contributed by atoms with E-state index in [1.165, 1.54) is 52.1 Å². The van der Waals surface area contributed by atoms with Gasteiger partial charge in [-0.25, -0.2) is 0 Å². The monoisotopic (exact) mass is 692 g/mol. The number of carbonyl (C=O) groups is 6. The minimum Gasteiger partial charge on any atom is -0.493 e. The van der Waals surface area contributed by atoms with E-state index in [1.54, 1.807) is 24.3 Å². The molecular formula is C35H32O15. The predicted octanol–water partition coefficient (Wildman–Crippen LogP) is 4.16. The summed E-state index contributed by atoms with van der Waals surface area (Å²) in [4.78, 5) is 73.0. The van der Waals surface area contributed by atoms with E-state index in [0.29, 0.717) is 11.1 Å². The fraction of sp³-hybridized carbons (Fsp3) is 0.314. The normalized spacial score (nSPS) is 18.8. The van der Waals surface area contributed by atoms with Crippen LogP contribution in [0.15, 0.2) is 48.5 Å². The Balaban J connectivity index is 1.56. The Kier molecular flexibility index (Phi) is 10.2. The van der Waals surface area contributed by atoms with Crippen LogP contribution in [-0.4, -0.2) is 61.6 Å². The van der Waals surface area contributed by atoms with E-state index in [2.05, 4.69) is 0 Å². The van der Waals surface area contributed by atoms with Crippen LogP contribution in [0.3, 0.4) is 0 Å². The second-order valence-corrected chi connectivity index (χ2v) is 11.1. The number of methoxy groups -OCH3 is 1. The number of esters is 5. The van der Waals surface area contributed by atoms with Gasteiger partial charge in [0, 0.05) is 57.9 Å². The Bertz CT molecular complexity index is 1880. The van der Waals surface area contributed by atoms with Crippen molar-refractivity contribution in [3.63, 3.8) is 0 Å². The molecule has 50 heavy (non-hydrogen) atoms. The Morgan fingerprint density at radius 2 is 1.26 bits per heavy atom. The lowest BCUT2D eigenvalue weighted by Gasteiger charge is -2.36. The van der Waals surface area contributed by atoms with Gasteiger partial charge in [0.15, 0.2) is 41.3 Å². The average molecular weight is 693 g/mol. The molecule has 2 aliphatic rings. The van der Waals surface area contributed by atoms with Gasteiger partial charge >= 0.3 is 29.8 Å². The van der Waals surface area contributed by atoms with Crippen molar-refractivity contribution in [2.24, 2.45) is 0 Å². The van der Waals surface area contributed by atoms with Crippen LogP contribution >= 0.6 is 0 Å². The van der Waals surface area contributed by atoms with Gasteiger partial charge in [0.05, 0.1) is 7.11 Å². The number of carbonyl (C=O) groups excluding carboxylic acids is 6. The van der Waals surface area contributed by atoms with Crippen LogP contribution in [-0.2, 0) is 33.4 Å². The Morgan fingerprint density at radius 1 is 0.620 bits per heavy atom. The molecule has 15 heteroatoms. The summed E-state index contributed by atoms with van der Waals surface area (Å²) in [6, 6.07) is 11.8. The third-order valence-corrected chi connectivity index (χ3v) is 7.27. The Morgan fingerprint density at radius 3 is 1.90 bits per heavy atom. The third kappa shape index (κ3) is 7.77. The van der Waals surface area contributed by atoms with Gasteiger partial charge in [-0.2, -0.15) is 0 Å². The summed E-state index contributed by atoms with van der Waals surface area (Å²) < 4.78 is 50.6. The van der Waals surface area contributed by atoms with E-state index >= 15 is 0 Å². The van der Waals surface area contributed by atoms with Crippen LogP contribution in [0.5, 0.6) is 40.2 Å². The van der Waals surface area contributed by atoms with Crippen molar-refractivity contribution in [2.45, 2.75) is 59.0 Å². The molecule has 0 unspecified atom stereocenters. The van der Waals surface area contributed by atoms with Gasteiger partial charge in [0.1, 0.15) is 29.4 Å². The smallest absolute Gasteiger partial charge is 0.308 e. The number of fused-ring (bicyclic) bond motifs is 2. The van der Waals surface area contributed by atoms with Crippen LogP contribution in [0.25, 0.3) is 0 Å². The van der Waals surface area contributed by atoms with Gasteiger partial charge in [-0.15, -0.1) is 0 Å². The lowest BCUT2D eigenvalue weighted by Crippen LogP contribution is -2.40. The molecule has 262 valence electrons. The van der Waals surface area contributed by atoms with Crippen molar-refractivity contribution in [1.82, 2.24) is 0 Å². The summed E-state index contributed by atoms with van der Waals surface area (Å²) >= 11 is 0. The highest BCUT2D eigenvalue weighted by molar-refractivity contribution is 6.07. The molecule has 15 nitrogen and oxygen atoms in total. The summed E-state index contributed by atoms with van der Waals surface area (Å²) in [7, 11) is 1.40. The Hall–Kier alpha value is -6.12. The molecule has 0 saturated heterocycles. The molecule has 0 bridgehead atoms. The van der Waals surface area contributed by atoms with Crippen molar-refractivity contribution in [2.75, 3.05) is 13.7 Å². The zero-order valence-electron chi connectivity index (χ0n) is 27.8. The van der Waals surface area contributed by atoms with Crippen LogP contribution in [0.1, 0.15) is 68.3 Å². The number of hydrogen-bond acceptors (Lipinski definition) is 15. The van der Waals surface area contributed by atoms with E-state index in [9.17, 15) is 28.8 Å². The molecular weight excluding hydrogens is 660 g/mol. The van der Waals surface area contributed by atoms with Gasteiger partial charge < -0.3 is 42.6 Å². The first-order valence-electron chi connectivity index (χ1n) is 15.1. The largest absolute Gasteiger partial charge is 0.493 e. The summed E-state index contributed by atoms with van der Waals surface area (Å²) in [5.74, 6) is -3.66. The average Bonchev–Trinajstić information content (AvgIpc) is 3.03. The zero-order valence-corrected chi connectivity index (χ0v) is 27.8. The molecule has 0 amide bonds. The number of benzene rings is 3. The van der Waals surface area contributed by atoms with E-state index in [-0.39, 0.29) is 52.4 Å². The van der Waals surface area contributed by atoms with Crippen molar-refractivity contribution in [3.8, 4) is 40.2 Å². The summed E-state index contributed by atoms with van der Waals surface area (Å²) in [5, 5.41) is 0. The van der Waals surface area contributed by atoms with E-state index < -0.39 is 60.0 Å². The van der Waals surface area contributed by atoms with Crippen molar-refractivity contribution in [3.05, 3.63) is 65.2 Å². The predicted molar refractivity (Wildman–Crippen MR) is 167 cm³/mol. The number of rotatable bonds is 9. The standard InChI is InChI=1S/C35H32O15/c1-16(36)43-15-30-33(21-7-9-24(45-18(3)38)26(11-21)42-6)49-27-12-22(8-10-25(27)48-30)34-35(47-20(5)40)32(41)31-28(46-19(4)39)13-23(44-17(2)37)14-29(31)50-34/h7-14,30,33-35H,15H2,1-6H3/t30-,33+,34+,35+/m0/s1. The maximum atomic E-state index is 13.9. The maximum absolute atomic E-state index is 13.9. The lowest BCUT2D eigenvalue weighted by atomic mass is 9.92. The fourth-order valence-corrected chi connectivity index (χ4v) is 5.41. The molecule has 0 fully saturated rings. The highest BCUT2D eigenvalue weighted by Crippen LogP contribution is 2.47. The van der Waals surface area contributed by atoms with Gasteiger partial charge in [-0.1, -0.05) is 12.1 Å². The SMILES string of the molecule is COc1cc([C@H]2Oc3cc([C@H]4Oc5cc(OC(C)=O)cc(OC(C)=O)c5C(=O)[C@H]4OC(C)=O)ccc3O[C@H]2COC(C)=O)ccc1OC(C)=O. The molecule has 0 aromatic heterocycles. The number of Topliss-reactive ketones (excluding diaryl/α,β-unsaturated/α-hetero) is 1. The number of ketones is 1. The highest BCUT2D eigenvalue weighted by Gasteiger charge is 2.44. The van der Waals surface area contributed by atoms with Crippen molar-refractivity contribution in [1.29, 1.82) is 0 Å².